The standard InChI is InChI=1S/C13H15Cl2N3O2/c1-18-7-9(5-17-18)16-6-10(19)8-20-11-2-3-12(14)13(15)4-11/h2-5,7,10,16,19H,6,8H2,1H3. The van der Waals surface area contributed by atoms with Crippen molar-refractivity contribution < 1.29 is 9.84 Å². The van der Waals surface area contributed by atoms with Gasteiger partial charge in [0.15, 0.2) is 0 Å². The number of aryl methyl sites for hydroxylation is 1. The SMILES string of the molecule is Cn1cc(NCC(O)COc2ccc(Cl)c(Cl)c2)cn1. The van der Waals surface area contributed by atoms with Crippen LogP contribution in [0.5, 0.6) is 5.75 Å². The third-order valence-corrected chi connectivity index (χ3v) is 3.32. The second kappa shape index (κ2) is 6.83. The number of ether oxygens (including phenoxy) is 1. The zero-order chi connectivity index (χ0) is 14.5. The molecule has 0 amide bonds. The fourth-order valence-corrected chi connectivity index (χ4v) is 1.85. The minimum Gasteiger partial charge on any atom is -0.491 e. The number of hydrogen-bond donors (Lipinski definition) is 2. The highest BCUT2D eigenvalue weighted by molar-refractivity contribution is 6.42. The Bertz CT molecular complexity index is 574. The van der Waals surface area contributed by atoms with Crippen molar-refractivity contribution >= 4 is 28.9 Å². The molecule has 1 unspecified atom stereocenters. The van der Waals surface area contributed by atoms with Gasteiger partial charge in [0.25, 0.3) is 0 Å². The van der Waals surface area contributed by atoms with Crippen LogP contribution in [0.25, 0.3) is 0 Å². The van der Waals surface area contributed by atoms with Gasteiger partial charge in [0.1, 0.15) is 18.5 Å². The molecule has 2 rings (SSSR count). The molecule has 0 aliphatic carbocycles. The van der Waals surface area contributed by atoms with Crippen LogP contribution in [0, 0.1) is 0 Å². The summed E-state index contributed by atoms with van der Waals surface area (Å²) in [5.41, 5.74) is 0.848. The maximum atomic E-state index is 9.83. The molecule has 0 aliphatic heterocycles. The first-order valence-corrected chi connectivity index (χ1v) is 6.78. The molecule has 0 saturated carbocycles. The molecule has 0 bridgehead atoms. The molecule has 20 heavy (non-hydrogen) atoms. The van der Waals surface area contributed by atoms with Crippen molar-refractivity contribution in [2.45, 2.75) is 6.10 Å². The maximum absolute atomic E-state index is 9.83. The molecule has 5 nitrogen and oxygen atoms in total. The van der Waals surface area contributed by atoms with E-state index in [0.29, 0.717) is 22.3 Å². The van der Waals surface area contributed by atoms with E-state index < -0.39 is 6.10 Å². The Labute approximate surface area is 127 Å². The summed E-state index contributed by atoms with van der Waals surface area (Å²) in [5, 5.41) is 17.8. The fourth-order valence-electron chi connectivity index (χ4n) is 1.57. The molecule has 0 fully saturated rings. The molecule has 2 aromatic rings. The van der Waals surface area contributed by atoms with Crippen LogP contribution in [-0.4, -0.2) is 34.1 Å². The summed E-state index contributed by atoms with van der Waals surface area (Å²) in [6, 6.07) is 4.97. The predicted molar refractivity (Wildman–Crippen MR) is 79.7 cm³/mol. The number of hydrogen-bond acceptors (Lipinski definition) is 4. The average molecular weight is 316 g/mol. The molecule has 7 heteroatoms. The van der Waals surface area contributed by atoms with Gasteiger partial charge in [-0.3, -0.25) is 4.68 Å². The largest absolute Gasteiger partial charge is 0.491 e. The van der Waals surface area contributed by atoms with Crippen molar-refractivity contribution in [2.75, 3.05) is 18.5 Å². The Morgan fingerprint density at radius 1 is 1.40 bits per heavy atom. The van der Waals surface area contributed by atoms with Gasteiger partial charge in [-0.05, 0) is 12.1 Å². The lowest BCUT2D eigenvalue weighted by molar-refractivity contribution is 0.117. The molecular weight excluding hydrogens is 301 g/mol. The summed E-state index contributed by atoms with van der Waals surface area (Å²) in [6.45, 7) is 0.526. The Balaban J connectivity index is 1.77. The van der Waals surface area contributed by atoms with Gasteiger partial charge in [0, 0.05) is 25.9 Å². The summed E-state index contributed by atoms with van der Waals surface area (Å²) in [5.74, 6) is 0.569. The minimum absolute atomic E-state index is 0.158. The van der Waals surface area contributed by atoms with Crippen molar-refractivity contribution in [3.63, 3.8) is 0 Å². The lowest BCUT2D eigenvalue weighted by Gasteiger charge is -2.13. The van der Waals surface area contributed by atoms with Gasteiger partial charge >= 0.3 is 0 Å². The van der Waals surface area contributed by atoms with Crippen LogP contribution in [0.1, 0.15) is 0 Å². The van der Waals surface area contributed by atoms with E-state index in [1.807, 2.05) is 13.2 Å². The van der Waals surface area contributed by atoms with E-state index in [9.17, 15) is 5.11 Å². The highest BCUT2D eigenvalue weighted by Crippen LogP contribution is 2.26. The van der Waals surface area contributed by atoms with Gasteiger partial charge in [-0.2, -0.15) is 5.10 Å². The highest BCUT2D eigenvalue weighted by atomic mass is 35.5. The molecule has 1 heterocycles. The first-order chi connectivity index (χ1) is 9.54. The van der Waals surface area contributed by atoms with Crippen LogP contribution >= 0.6 is 23.2 Å². The van der Waals surface area contributed by atoms with Crippen molar-refractivity contribution in [3.05, 3.63) is 40.6 Å². The number of nitrogens with one attached hydrogen (secondary N) is 1. The Morgan fingerprint density at radius 3 is 2.85 bits per heavy atom. The Hall–Kier alpha value is -1.43. The first-order valence-electron chi connectivity index (χ1n) is 6.03. The lowest BCUT2D eigenvalue weighted by atomic mass is 10.3. The third kappa shape index (κ3) is 4.30. The van der Waals surface area contributed by atoms with E-state index in [1.165, 1.54) is 0 Å². The van der Waals surface area contributed by atoms with Gasteiger partial charge in [0.05, 0.1) is 21.9 Å². The summed E-state index contributed by atoms with van der Waals surface area (Å²) >= 11 is 11.7. The Kier molecular flexibility index (Phi) is 5.11. The number of anilines is 1. The summed E-state index contributed by atoms with van der Waals surface area (Å²) in [7, 11) is 1.83. The zero-order valence-corrected chi connectivity index (χ0v) is 12.4. The van der Waals surface area contributed by atoms with Crippen molar-refractivity contribution in [2.24, 2.45) is 7.05 Å². The number of aliphatic hydroxyl groups is 1. The average Bonchev–Trinajstić information content (AvgIpc) is 2.83. The summed E-state index contributed by atoms with van der Waals surface area (Å²) < 4.78 is 7.12. The Morgan fingerprint density at radius 2 is 2.20 bits per heavy atom. The number of aliphatic hydroxyl groups excluding tert-OH is 1. The molecular formula is C13H15Cl2N3O2. The molecule has 108 valence electrons. The molecule has 0 saturated heterocycles. The topological polar surface area (TPSA) is 59.3 Å². The predicted octanol–water partition coefficient (Wildman–Crippen LogP) is 2.58. The van der Waals surface area contributed by atoms with E-state index in [2.05, 4.69) is 10.4 Å². The number of rotatable bonds is 6. The van der Waals surface area contributed by atoms with Crippen molar-refractivity contribution in [1.29, 1.82) is 0 Å². The minimum atomic E-state index is -0.648. The number of nitrogens with zero attached hydrogens (tertiary/aromatic N) is 2. The van der Waals surface area contributed by atoms with Gasteiger partial charge < -0.3 is 15.2 Å². The number of aromatic nitrogens is 2. The van der Waals surface area contributed by atoms with Gasteiger partial charge in [0.2, 0.25) is 0 Å². The molecule has 0 spiro atoms. The van der Waals surface area contributed by atoms with Crippen LogP contribution < -0.4 is 10.1 Å². The number of halogens is 2. The van der Waals surface area contributed by atoms with Gasteiger partial charge in [-0.15, -0.1) is 0 Å². The van der Waals surface area contributed by atoms with Gasteiger partial charge in [-0.1, -0.05) is 23.2 Å². The molecule has 1 aromatic heterocycles. The van der Waals surface area contributed by atoms with Crippen LogP contribution in [0.2, 0.25) is 10.0 Å². The van der Waals surface area contributed by atoms with Crippen LogP contribution in [0.15, 0.2) is 30.6 Å². The zero-order valence-electron chi connectivity index (χ0n) is 10.9. The third-order valence-electron chi connectivity index (χ3n) is 2.58. The molecule has 1 aromatic carbocycles. The maximum Gasteiger partial charge on any atom is 0.121 e. The fraction of sp³-hybridized carbons (Fsp3) is 0.308. The molecule has 0 aliphatic rings. The molecule has 0 radical (unpaired) electrons. The van der Waals surface area contributed by atoms with Crippen LogP contribution in [0.3, 0.4) is 0 Å². The van der Waals surface area contributed by atoms with Crippen molar-refractivity contribution in [1.82, 2.24) is 9.78 Å². The lowest BCUT2D eigenvalue weighted by Crippen LogP contribution is -2.26. The van der Waals surface area contributed by atoms with Crippen LogP contribution in [0.4, 0.5) is 5.69 Å². The smallest absolute Gasteiger partial charge is 0.121 e. The summed E-state index contributed by atoms with van der Waals surface area (Å²) in [4.78, 5) is 0. The second-order valence-electron chi connectivity index (χ2n) is 4.32. The van der Waals surface area contributed by atoms with Crippen molar-refractivity contribution in [3.8, 4) is 5.75 Å². The van der Waals surface area contributed by atoms with Gasteiger partial charge in [-0.25, -0.2) is 0 Å². The first kappa shape index (κ1) is 15.0. The quantitative estimate of drug-likeness (QED) is 0.860. The number of benzene rings is 1. The second-order valence-corrected chi connectivity index (χ2v) is 5.14. The van der Waals surface area contributed by atoms with E-state index in [-0.39, 0.29) is 6.61 Å². The highest BCUT2D eigenvalue weighted by Gasteiger charge is 2.07. The van der Waals surface area contributed by atoms with E-state index in [4.69, 9.17) is 27.9 Å². The molecule has 2 N–H and O–H groups in total. The summed E-state index contributed by atoms with van der Waals surface area (Å²) in [6.07, 6.45) is 2.86. The molecule has 1 atom stereocenters. The monoisotopic (exact) mass is 315 g/mol. The van der Waals surface area contributed by atoms with E-state index >= 15 is 0 Å². The van der Waals surface area contributed by atoms with E-state index in [1.54, 1.807) is 29.1 Å². The van der Waals surface area contributed by atoms with E-state index in [0.717, 1.165) is 5.69 Å². The normalized spacial score (nSPS) is 12.2. The van der Waals surface area contributed by atoms with Crippen LogP contribution in [-0.2, 0) is 7.05 Å².